The molecule has 2 N–H and O–H groups in total. The lowest BCUT2D eigenvalue weighted by Gasteiger charge is -2.29. The van der Waals surface area contributed by atoms with Crippen LogP contribution in [0, 0.1) is 0 Å². The van der Waals surface area contributed by atoms with Gasteiger partial charge in [-0.15, -0.1) is 5.10 Å². The Bertz CT molecular complexity index is 1330. The second kappa shape index (κ2) is 9.88. The first-order valence-corrected chi connectivity index (χ1v) is 12.1. The van der Waals surface area contributed by atoms with Gasteiger partial charge in [-0.1, -0.05) is 30.3 Å². The number of aromatic nitrogens is 2. The van der Waals surface area contributed by atoms with Gasteiger partial charge in [0.2, 0.25) is 5.91 Å². The summed E-state index contributed by atoms with van der Waals surface area (Å²) >= 11 is 0. The van der Waals surface area contributed by atoms with Crippen LogP contribution < -0.4 is 10.6 Å². The molecule has 2 aromatic carbocycles. The Morgan fingerprint density at radius 2 is 1.32 bits per heavy atom. The third-order valence-electron chi connectivity index (χ3n) is 5.35. The summed E-state index contributed by atoms with van der Waals surface area (Å²) < 4.78 is 12.0. The molecule has 0 aliphatic carbocycles. The third-order valence-corrected chi connectivity index (χ3v) is 5.35. The van der Waals surface area contributed by atoms with E-state index in [1.54, 1.807) is 26.8 Å². The number of amides is 2. The number of hydrogen-bond donors (Lipinski definition) is 2. The van der Waals surface area contributed by atoms with Gasteiger partial charge in [0.25, 0.3) is 0 Å². The minimum atomic E-state index is -0.679. The van der Waals surface area contributed by atoms with Gasteiger partial charge in [0, 0.05) is 12.3 Å². The van der Waals surface area contributed by atoms with E-state index < -0.39 is 28.9 Å². The topological polar surface area (TPSA) is 112 Å². The number of alkyl carbamates (subject to hydrolysis) is 1. The van der Waals surface area contributed by atoms with Crippen LogP contribution in [0.15, 0.2) is 42.5 Å². The minimum absolute atomic E-state index is 0.237. The average Bonchev–Trinajstić information content (AvgIpc) is 3.08. The molecule has 0 saturated carbocycles. The van der Waals surface area contributed by atoms with Gasteiger partial charge >= 0.3 is 12.2 Å². The Balaban J connectivity index is 1.91. The molecule has 2 amide bonds. The van der Waals surface area contributed by atoms with Crippen LogP contribution in [0.25, 0.3) is 22.0 Å². The Labute approximate surface area is 217 Å². The minimum Gasteiger partial charge on any atom is -0.444 e. The van der Waals surface area contributed by atoms with Crippen LogP contribution >= 0.6 is 0 Å². The maximum absolute atomic E-state index is 12.4. The van der Waals surface area contributed by atoms with Crippen molar-refractivity contribution in [2.24, 2.45) is 0 Å². The van der Waals surface area contributed by atoms with Crippen LogP contribution in [0.4, 0.5) is 15.4 Å². The first-order valence-electron chi connectivity index (χ1n) is 12.1. The van der Waals surface area contributed by atoms with Crippen LogP contribution in [-0.4, -0.2) is 39.1 Å². The summed E-state index contributed by atoms with van der Waals surface area (Å²) in [4.78, 5) is 36.8. The van der Waals surface area contributed by atoms with Crippen molar-refractivity contribution in [3.63, 3.8) is 0 Å². The number of benzene rings is 2. The SMILES string of the molecule is CC(=O)n1nc(NC(=O)OC(C)(C)C)c2cc(-c3ccc(C(C)(C)NC(=O)OC(C)(C)C)cc3)ccc21. The fourth-order valence-corrected chi connectivity index (χ4v) is 3.74. The van der Waals surface area contributed by atoms with Crippen molar-refractivity contribution in [1.82, 2.24) is 15.1 Å². The van der Waals surface area contributed by atoms with Gasteiger partial charge in [0.15, 0.2) is 5.82 Å². The molecule has 37 heavy (non-hydrogen) atoms. The molecule has 0 atom stereocenters. The number of nitrogens with zero attached hydrogens (tertiary/aromatic N) is 2. The van der Waals surface area contributed by atoms with E-state index in [1.807, 2.05) is 71.0 Å². The summed E-state index contributed by atoms with van der Waals surface area (Å²) in [6.45, 7) is 16.0. The van der Waals surface area contributed by atoms with E-state index in [1.165, 1.54) is 11.6 Å². The van der Waals surface area contributed by atoms with Crippen LogP contribution in [-0.2, 0) is 15.0 Å². The smallest absolute Gasteiger partial charge is 0.413 e. The molecule has 9 heteroatoms. The third kappa shape index (κ3) is 7.09. The molecule has 3 rings (SSSR count). The van der Waals surface area contributed by atoms with Crippen LogP contribution in [0.2, 0.25) is 0 Å². The maximum Gasteiger partial charge on any atom is 0.413 e. The van der Waals surface area contributed by atoms with Crippen molar-refractivity contribution in [3.05, 3.63) is 48.0 Å². The highest BCUT2D eigenvalue weighted by Gasteiger charge is 2.26. The quantitative estimate of drug-likeness (QED) is 0.418. The summed E-state index contributed by atoms with van der Waals surface area (Å²) in [5.41, 5.74) is 1.34. The van der Waals surface area contributed by atoms with Crippen LogP contribution in [0.1, 0.15) is 72.7 Å². The van der Waals surface area contributed by atoms with E-state index in [0.29, 0.717) is 10.9 Å². The number of carbonyl (C=O) groups excluding carboxylic acids is 3. The fraction of sp³-hybridized carbons (Fsp3) is 0.429. The number of ether oxygens (including phenoxy) is 2. The van der Waals surface area contributed by atoms with Gasteiger partial charge in [-0.25, -0.2) is 9.59 Å². The summed E-state index contributed by atoms with van der Waals surface area (Å²) in [5.74, 6) is -0.0420. The monoisotopic (exact) mass is 508 g/mol. The molecule has 3 aromatic rings. The zero-order valence-corrected chi connectivity index (χ0v) is 23.0. The predicted octanol–water partition coefficient (Wildman–Crippen LogP) is 6.47. The Morgan fingerprint density at radius 3 is 1.86 bits per heavy atom. The van der Waals surface area contributed by atoms with Crippen molar-refractivity contribution < 1.29 is 23.9 Å². The lowest BCUT2D eigenvalue weighted by Crippen LogP contribution is -2.43. The second-order valence-corrected chi connectivity index (χ2v) is 11.5. The molecule has 0 spiro atoms. The number of hydrogen-bond acceptors (Lipinski definition) is 6. The van der Waals surface area contributed by atoms with E-state index in [2.05, 4.69) is 15.7 Å². The van der Waals surface area contributed by atoms with Gasteiger partial charge in [-0.2, -0.15) is 4.68 Å². The normalized spacial score (nSPS) is 12.2. The fourth-order valence-electron chi connectivity index (χ4n) is 3.74. The molecular formula is C28H36N4O5. The highest BCUT2D eigenvalue weighted by atomic mass is 16.6. The molecule has 1 heterocycles. The molecule has 1 aromatic heterocycles. The van der Waals surface area contributed by atoms with Crippen molar-refractivity contribution >= 4 is 34.8 Å². The zero-order chi connectivity index (χ0) is 27.8. The number of rotatable bonds is 4. The van der Waals surface area contributed by atoms with E-state index in [0.717, 1.165) is 16.7 Å². The number of anilines is 1. The van der Waals surface area contributed by atoms with E-state index in [9.17, 15) is 14.4 Å². The lowest BCUT2D eigenvalue weighted by molar-refractivity contribution is 0.0469. The number of carbonyl (C=O) groups is 3. The highest BCUT2D eigenvalue weighted by Crippen LogP contribution is 2.31. The van der Waals surface area contributed by atoms with Crippen LogP contribution in [0.3, 0.4) is 0 Å². The van der Waals surface area contributed by atoms with E-state index >= 15 is 0 Å². The molecule has 0 aliphatic heterocycles. The van der Waals surface area contributed by atoms with E-state index in [-0.39, 0.29) is 11.7 Å². The summed E-state index contributed by atoms with van der Waals surface area (Å²) in [7, 11) is 0. The second-order valence-electron chi connectivity index (χ2n) is 11.5. The molecule has 0 radical (unpaired) electrons. The highest BCUT2D eigenvalue weighted by molar-refractivity contribution is 6.02. The van der Waals surface area contributed by atoms with Gasteiger partial charge < -0.3 is 14.8 Å². The van der Waals surface area contributed by atoms with Crippen molar-refractivity contribution in [2.75, 3.05) is 5.32 Å². The molecule has 198 valence electrons. The number of fused-ring (bicyclic) bond motifs is 1. The molecule has 0 unspecified atom stereocenters. The zero-order valence-electron chi connectivity index (χ0n) is 23.0. The maximum atomic E-state index is 12.4. The molecular weight excluding hydrogens is 472 g/mol. The van der Waals surface area contributed by atoms with Crippen molar-refractivity contribution in [3.8, 4) is 11.1 Å². The van der Waals surface area contributed by atoms with Gasteiger partial charge in [0.05, 0.1) is 11.1 Å². The predicted molar refractivity (Wildman–Crippen MR) is 144 cm³/mol. The van der Waals surface area contributed by atoms with Gasteiger partial charge in [-0.3, -0.25) is 10.1 Å². The van der Waals surface area contributed by atoms with Crippen LogP contribution in [0.5, 0.6) is 0 Å². The lowest BCUT2D eigenvalue weighted by atomic mass is 9.92. The van der Waals surface area contributed by atoms with E-state index in [4.69, 9.17) is 9.47 Å². The van der Waals surface area contributed by atoms with Crippen molar-refractivity contribution in [2.45, 2.75) is 79.1 Å². The molecule has 0 bridgehead atoms. The van der Waals surface area contributed by atoms with Gasteiger partial charge in [0.1, 0.15) is 11.2 Å². The average molecular weight is 509 g/mol. The molecule has 0 fully saturated rings. The Hall–Kier alpha value is -3.88. The largest absolute Gasteiger partial charge is 0.444 e. The number of nitrogens with one attached hydrogen (secondary N) is 2. The standard InChI is InChI=1S/C28H36N4O5/c1-17(33)32-22-15-12-19(16-21(22)23(31-32)29-24(34)36-26(2,3)4)18-10-13-20(14-11-18)28(8,9)30-25(35)37-27(5,6)7/h10-16H,1-9H3,(H,30,35)(H,29,31,34). The molecule has 0 saturated heterocycles. The van der Waals surface area contributed by atoms with Crippen molar-refractivity contribution in [1.29, 1.82) is 0 Å². The first kappa shape index (κ1) is 27.7. The summed E-state index contributed by atoms with van der Waals surface area (Å²) in [6, 6.07) is 13.3. The Kier molecular flexibility index (Phi) is 7.40. The molecule has 0 aliphatic rings. The Morgan fingerprint density at radius 1 is 0.784 bits per heavy atom. The summed E-state index contributed by atoms with van der Waals surface area (Å²) in [5, 5.41) is 10.5. The first-order chi connectivity index (χ1) is 16.9. The van der Waals surface area contributed by atoms with Gasteiger partial charge in [-0.05, 0) is 84.2 Å². The summed E-state index contributed by atoms with van der Waals surface area (Å²) in [6.07, 6.45) is -1.14. The molecule has 9 nitrogen and oxygen atoms in total.